The van der Waals surface area contributed by atoms with Crippen LogP contribution in [0.1, 0.15) is 11.1 Å². The van der Waals surface area contributed by atoms with E-state index in [0.717, 1.165) is 15.6 Å². The topological polar surface area (TPSA) is 42.0 Å². The standard InChI is InChI=1S/C14H12BrClN2O/c1-9-5-12(14(16)17-8-9)18-13(19)7-10-3-2-4-11(15)6-10/h2-6,8H,7H2,1H3,(H,18,19). The van der Waals surface area contributed by atoms with Crippen LogP contribution in [-0.2, 0) is 11.2 Å². The van der Waals surface area contributed by atoms with Gasteiger partial charge >= 0.3 is 0 Å². The van der Waals surface area contributed by atoms with E-state index in [1.165, 1.54) is 0 Å². The van der Waals surface area contributed by atoms with Crippen molar-refractivity contribution in [3.05, 3.63) is 57.3 Å². The molecule has 1 aromatic heterocycles. The molecule has 0 radical (unpaired) electrons. The van der Waals surface area contributed by atoms with Crippen molar-refractivity contribution in [2.75, 3.05) is 5.32 Å². The van der Waals surface area contributed by atoms with Gasteiger partial charge in [0.15, 0.2) is 5.15 Å². The van der Waals surface area contributed by atoms with Crippen molar-refractivity contribution in [2.45, 2.75) is 13.3 Å². The average molecular weight is 340 g/mol. The van der Waals surface area contributed by atoms with Gasteiger partial charge in [-0.3, -0.25) is 4.79 Å². The molecule has 0 fully saturated rings. The van der Waals surface area contributed by atoms with E-state index in [9.17, 15) is 4.79 Å². The summed E-state index contributed by atoms with van der Waals surface area (Å²) >= 11 is 9.31. The molecule has 0 aliphatic carbocycles. The fourth-order valence-electron chi connectivity index (χ4n) is 1.67. The van der Waals surface area contributed by atoms with Crippen molar-refractivity contribution < 1.29 is 4.79 Å². The van der Waals surface area contributed by atoms with E-state index in [-0.39, 0.29) is 5.91 Å². The number of aryl methyl sites for hydroxylation is 1. The molecule has 5 heteroatoms. The molecular formula is C14H12BrClN2O. The molecule has 0 aliphatic heterocycles. The van der Waals surface area contributed by atoms with Gasteiger partial charge in [-0.2, -0.15) is 0 Å². The summed E-state index contributed by atoms with van der Waals surface area (Å²) in [5.41, 5.74) is 2.42. The highest BCUT2D eigenvalue weighted by atomic mass is 79.9. The van der Waals surface area contributed by atoms with E-state index in [0.29, 0.717) is 17.3 Å². The molecule has 19 heavy (non-hydrogen) atoms. The van der Waals surface area contributed by atoms with Crippen LogP contribution in [0.3, 0.4) is 0 Å². The second-order valence-corrected chi connectivity index (χ2v) is 5.48. The number of nitrogens with zero attached hydrogens (tertiary/aromatic N) is 1. The molecule has 3 nitrogen and oxygen atoms in total. The van der Waals surface area contributed by atoms with Gasteiger partial charge in [0, 0.05) is 10.7 Å². The maximum atomic E-state index is 11.9. The van der Waals surface area contributed by atoms with Gasteiger partial charge in [0.05, 0.1) is 12.1 Å². The number of aromatic nitrogens is 1. The van der Waals surface area contributed by atoms with Crippen molar-refractivity contribution in [3.8, 4) is 0 Å². The Hall–Kier alpha value is -1.39. The predicted octanol–water partition coefficient (Wildman–Crippen LogP) is 3.99. The molecular weight excluding hydrogens is 328 g/mol. The average Bonchev–Trinajstić information content (AvgIpc) is 2.34. The first kappa shape index (κ1) is 14.0. The highest BCUT2D eigenvalue weighted by Gasteiger charge is 2.08. The summed E-state index contributed by atoms with van der Waals surface area (Å²) in [5, 5.41) is 3.07. The van der Waals surface area contributed by atoms with Gasteiger partial charge in [-0.25, -0.2) is 4.98 Å². The van der Waals surface area contributed by atoms with Crippen LogP contribution in [0.5, 0.6) is 0 Å². The lowest BCUT2D eigenvalue weighted by atomic mass is 10.1. The van der Waals surface area contributed by atoms with Crippen molar-refractivity contribution in [3.63, 3.8) is 0 Å². The van der Waals surface area contributed by atoms with Gasteiger partial charge in [0.1, 0.15) is 0 Å². The molecule has 1 heterocycles. The number of carbonyl (C=O) groups excluding carboxylic acids is 1. The number of pyridine rings is 1. The maximum Gasteiger partial charge on any atom is 0.228 e. The van der Waals surface area contributed by atoms with Crippen molar-refractivity contribution in [1.29, 1.82) is 0 Å². The number of anilines is 1. The Morgan fingerprint density at radius 3 is 2.95 bits per heavy atom. The fraction of sp³-hybridized carbons (Fsp3) is 0.143. The molecule has 0 saturated carbocycles. The molecule has 2 aromatic rings. The molecule has 1 N–H and O–H groups in total. The van der Waals surface area contributed by atoms with Crippen LogP contribution in [0, 0.1) is 6.92 Å². The maximum absolute atomic E-state index is 11.9. The van der Waals surface area contributed by atoms with Gasteiger partial charge in [-0.15, -0.1) is 0 Å². The molecule has 0 spiro atoms. The number of benzene rings is 1. The third-order valence-corrected chi connectivity index (χ3v) is 3.30. The Labute approximate surface area is 125 Å². The monoisotopic (exact) mass is 338 g/mol. The van der Waals surface area contributed by atoms with E-state index in [1.54, 1.807) is 12.3 Å². The summed E-state index contributed by atoms with van der Waals surface area (Å²) in [5.74, 6) is -0.118. The first-order valence-corrected chi connectivity index (χ1v) is 6.88. The SMILES string of the molecule is Cc1cnc(Cl)c(NC(=O)Cc2cccc(Br)c2)c1. The molecule has 1 aromatic carbocycles. The summed E-state index contributed by atoms with van der Waals surface area (Å²) in [4.78, 5) is 15.9. The van der Waals surface area contributed by atoms with Crippen molar-refractivity contribution in [2.24, 2.45) is 0 Å². The zero-order chi connectivity index (χ0) is 13.8. The summed E-state index contributed by atoms with van der Waals surface area (Å²) < 4.78 is 0.952. The molecule has 2 rings (SSSR count). The minimum absolute atomic E-state index is 0.118. The zero-order valence-corrected chi connectivity index (χ0v) is 12.6. The van der Waals surface area contributed by atoms with Gasteiger partial charge in [-0.05, 0) is 36.2 Å². The Bertz CT molecular complexity index is 616. The largest absolute Gasteiger partial charge is 0.323 e. The first-order valence-electron chi connectivity index (χ1n) is 5.71. The lowest BCUT2D eigenvalue weighted by molar-refractivity contribution is -0.115. The number of nitrogens with one attached hydrogen (secondary N) is 1. The molecule has 1 amide bonds. The minimum Gasteiger partial charge on any atom is -0.323 e. The van der Waals surface area contributed by atoms with E-state index in [1.807, 2.05) is 31.2 Å². The Kier molecular flexibility index (Phi) is 4.56. The highest BCUT2D eigenvalue weighted by Crippen LogP contribution is 2.20. The van der Waals surface area contributed by atoms with E-state index >= 15 is 0 Å². The number of amides is 1. The van der Waals surface area contributed by atoms with Crippen LogP contribution in [0.25, 0.3) is 0 Å². The van der Waals surface area contributed by atoms with Crippen LogP contribution in [0.4, 0.5) is 5.69 Å². The Balaban J connectivity index is 2.07. The van der Waals surface area contributed by atoms with Crippen LogP contribution >= 0.6 is 27.5 Å². The number of hydrogen-bond donors (Lipinski definition) is 1. The molecule has 0 aliphatic rings. The molecule has 0 atom stereocenters. The molecule has 0 saturated heterocycles. The van der Waals surface area contributed by atoms with E-state index in [4.69, 9.17) is 11.6 Å². The van der Waals surface area contributed by atoms with Crippen LogP contribution < -0.4 is 5.32 Å². The minimum atomic E-state index is -0.118. The smallest absolute Gasteiger partial charge is 0.228 e. The second-order valence-electron chi connectivity index (χ2n) is 4.21. The summed E-state index contributed by atoms with van der Waals surface area (Å²) in [6, 6.07) is 9.43. The van der Waals surface area contributed by atoms with Gasteiger partial charge in [0.25, 0.3) is 0 Å². The summed E-state index contributed by atoms with van der Waals surface area (Å²) in [7, 11) is 0. The quantitative estimate of drug-likeness (QED) is 0.859. The summed E-state index contributed by atoms with van der Waals surface area (Å²) in [6.45, 7) is 1.90. The van der Waals surface area contributed by atoms with Crippen molar-refractivity contribution in [1.82, 2.24) is 4.98 Å². The first-order chi connectivity index (χ1) is 9.04. The number of hydrogen-bond acceptors (Lipinski definition) is 2. The third kappa shape index (κ3) is 4.04. The second kappa shape index (κ2) is 6.17. The number of rotatable bonds is 3. The van der Waals surface area contributed by atoms with Crippen LogP contribution in [0.2, 0.25) is 5.15 Å². The third-order valence-electron chi connectivity index (χ3n) is 2.50. The van der Waals surface area contributed by atoms with Gasteiger partial charge in [-0.1, -0.05) is 39.7 Å². The predicted molar refractivity (Wildman–Crippen MR) is 80.5 cm³/mol. The van der Waals surface area contributed by atoms with Crippen LogP contribution in [0.15, 0.2) is 41.0 Å². The van der Waals surface area contributed by atoms with Crippen LogP contribution in [-0.4, -0.2) is 10.9 Å². The summed E-state index contributed by atoms with van der Waals surface area (Å²) in [6.07, 6.45) is 1.95. The molecule has 0 bridgehead atoms. The molecule has 98 valence electrons. The van der Waals surface area contributed by atoms with E-state index in [2.05, 4.69) is 26.2 Å². The fourth-order valence-corrected chi connectivity index (χ4v) is 2.26. The molecule has 0 unspecified atom stereocenters. The normalized spacial score (nSPS) is 10.3. The van der Waals surface area contributed by atoms with Gasteiger partial charge in [0.2, 0.25) is 5.91 Å². The van der Waals surface area contributed by atoms with E-state index < -0.39 is 0 Å². The lowest BCUT2D eigenvalue weighted by Crippen LogP contribution is -2.15. The number of carbonyl (C=O) groups is 1. The zero-order valence-electron chi connectivity index (χ0n) is 10.3. The lowest BCUT2D eigenvalue weighted by Gasteiger charge is -2.07. The number of halogens is 2. The highest BCUT2D eigenvalue weighted by molar-refractivity contribution is 9.10. The van der Waals surface area contributed by atoms with Gasteiger partial charge < -0.3 is 5.32 Å². The Morgan fingerprint density at radius 1 is 1.42 bits per heavy atom. The Morgan fingerprint density at radius 2 is 2.21 bits per heavy atom. The van der Waals surface area contributed by atoms with Crippen molar-refractivity contribution >= 4 is 39.1 Å².